The maximum atomic E-state index is 3.77. The molecule has 0 saturated heterocycles. The molecule has 0 aliphatic heterocycles. The van der Waals surface area contributed by atoms with Crippen molar-refractivity contribution < 1.29 is 0 Å². The molecule has 0 heterocycles. The average Bonchev–Trinajstić information content (AvgIpc) is 2.25. The van der Waals surface area contributed by atoms with E-state index in [0.29, 0.717) is 11.0 Å². The molecule has 0 radical (unpaired) electrons. The van der Waals surface area contributed by atoms with Crippen LogP contribution in [0, 0.1) is 29.1 Å². The lowest BCUT2D eigenvalue weighted by Gasteiger charge is -2.63. The van der Waals surface area contributed by atoms with Crippen LogP contribution in [0.3, 0.4) is 0 Å². The molecular formula is C17H31N. The molecular weight excluding hydrogens is 218 g/mol. The van der Waals surface area contributed by atoms with E-state index < -0.39 is 0 Å². The lowest BCUT2D eigenvalue weighted by atomic mass is 9.44. The van der Waals surface area contributed by atoms with Crippen LogP contribution in [0.25, 0.3) is 0 Å². The molecule has 4 aliphatic rings. The lowest BCUT2D eigenvalue weighted by Crippen LogP contribution is -2.62. The first-order valence-electron chi connectivity index (χ1n) is 8.15. The molecule has 1 atom stereocenters. The first-order chi connectivity index (χ1) is 8.46. The molecule has 1 nitrogen and oxygen atoms in total. The molecule has 104 valence electrons. The molecule has 1 heteroatoms. The van der Waals surface area contributed by atoms with E-state index >= 15 is 0 Å². The monoisotopic (exact) mass is 249 g/mol. The molecule has 18 heavy (non-hydrogen) atoms. The minimum absolute atomic E-state index is 0.372. The summed E-state index contributed by atoms with van der Waals surface area (Å²) in [4.78, 5) is 0. The van der Waals surface area contributed by atoms with E-state index in [4.69, 9.17) is 0 Å². The molecule has 0 aromatic rings. The summed E-state index contributed by atoms with van der Waals surface area (Å²) in [5, 5.41) is 3.77. The highest BCUT2D eigenvalue weighted by molar-refractivity contribution is 5.11. The van der Waals surface area contributed by atoms with Gasteiger partial charge in [0.05, 0.1) is 0 Å². The zero-order valence-electron chi connectivity index (χ0n) is 12.8. The van der Waals surface area contributed by atoms with Gasteiger partial charge in [0.15, 0.2) is 0 Å². The Bertz CT molecular complexity index is 284. The number of rotatable bonds is 4. The van der Waals surface area contributed by atoms with Crippen LogP contribution >= 0.6 is 0 Å². The van der Waals surface area contributed by atoms with Gasteiger partial charge in [0.2, 0.25) is 0 Å². The van der Waals surface area contributed by atoms with Crippen molar-refractivity contribution in [3.63, 3.8) is 0 Å². The smallest absolute Gasteiger partial charge is 0.0209 e. The number of hydrogen-bond donors (Lipinski definition) is 1. The third-order valence-corrected chi connectivity index (χ3v) is 6.58. The summed E-state index contributed by atoms with van der Waals surface area (Å²) in [5.41, 5.74) is 0.998. The predicted octanol–water partition coefficient (Wildman–Crippen LogP) is 4.23. The van der Waals surface area contributed by atoms with Crippen LogP contribution < -0.4 is 5.32 Å². The van der Waals surface area contributed by atoms with Gasteiger partial charge in [-0.25, -0.2) is 0 Å². The van der Waals surface area contributed by atoms with Crippen molar-refractivity contribution in [3.05, 3.63) is 0 Å². The van der Waals surface area contributed by atoms with Gasteiger partial charge >= 0.3 is 0 Å². The minimum Gasteiger partial charge on any atom is -0.314 e. The van der Waals surface area contributed by atoms with Gasteiger partial charge in [-0.15, -0.1) is 0 Å². The summed E-state index contributed by atoms with van der Waals surface area (Å²) in [6.07, 6.45) is 10.6. The van der Waals surface area contributed by atoms with Crippen LogP contribution in [-0.4, -0.2) is 12.6 Å². The summed E-state index contributed by atoms with van der Waals surface area (Å²) >= 11 is 0. The van der Waals surface area contributed by atoms with Crippen LogP contribution in [0.4, 0.5) is 0 Å². The summed E-state index contributed by atoms with van der Waals surface area (Å²) in [6, 6.07) is 0. The first kappa shape index (κ1) is 13.0. The van der Waals surface area contributed by atoms with E-state index in [2.05, 4.69) is 33.1 Å². The Hall–Kier alpha value is -0.0400. The van der Waals surface area contributed by atoms with Crippen LogP contribution in [0.2, 0.25) is 0 Å². The van der Waals surface area contributed by atoms with Gasteiger partial charge < -0.3 is 5.32 Å². The second-order valence-electron chi connectivity index (χ2n) is 8.38. The van der Waals surface area contributed by atoms with Crippen molar-refractivity contribution in [3.8, 4) is 0 Å². The summed E-state index contributed by atoms with van der Waals surface area (Å²) in [6.45, 7) is 7.30. The Kier molecular flexibility index (Phi) is 3.05. The van der Waals surface area contributed by atoms with Crippen molar-refractivity contribution in [2.24, 2.45) is 29.1 Å². The van der Waals surface area contributed by atoms with E-state index in [-0.39, 0.29) is 0 Å². The Morgan fingerprint density at radius 2 is 1.50 bits per heavy atom. The second-order valence-corrected chi connectivity index (χ2v) is 8.38. The highest BCUT2D eigenvalue weighted by Crippen LogP contribution is 2.64. The van der Waals surface area contributed by atoms with Crippen LogP contribution in [0.15, 0.2) is 0 Å². The lowest BCUT2D eigenvalue weighted by molar-refractivity contribution is -0.107. The van der Waals surface area contributed by atoms with Gasteiger partial charge in [0, 0.05) is 5.54 Å². The SMILES string of the molecule is CNC(C)(CC(C)C)C12CC3CC(CC(C3)C1)C2. The van der Waals surface area contributed by atoms with Gasteiger partial charge in [-0.05, 0) is 88.0 Å². The largest absolute Gasteiger partial charge is 0.314 e. The van der Waals surface area contributed by atoms with Gasteiger partial charge in [0.1, 0.15) is 0 Å². The molecule has 4 saturated carbocycles. The second kappa shape index (κ2) is 4.23. The van der Waals surface area contributed by atoms with E-state index in [1.54, 1.807) is 19.3 Å². The molecule has 1 unspecified atom stereocenters. The predicted molar refractivity (Wildman–Crippen MR) is 77.5 cm³/mol. The van der Waals surface area contributed by atoms with E-state index in [0.717, 1.165) is 23.7 Å². The van der Waals surface area contributed by atoms with E-state index in [1.807, 2.05) is 0 Å². The third kappa shape index (κ3) is 1.85. The molecule has 1 N–H and O–H groups in total. The zero-order chi connectivity index (χ0) is 13.0. The van der Waals surface area contributed by atoms with E-state index in [1.165, 1.54) is 25.7 Å². The number of nitrogens with one attached hydrogen (secondary N) is 1. The van der Waals surface area contributed by atoms with Gasteiger partial charge in [-0.2, -0.15) is 0 Å². The number of hydrogen-bond acceptors (Lipinski definition) is 1. The highest BCUT2D eigenvalue weighted by atomic mass is 15.0. The summed E-state index contributed by atoms with van der Waals surface area (Å²) < 4.78 is 0. The third-order valence-electron chi connectivity index (χ3n) is 6.58. The van der Waals surface area contributed by atoms with Crippen molar-refractivity contribution in [2.45, 2.75) is 71.3 Å². The molecule has 4 fully saturated rings. The molecule has 0 spiro atoms. The minimum atomic E-state index is 0.372. The maximum absolute atomic E-state index is 3.77. The molecule has 0 amide bonds. The Balaban J connectivity index is 1.89. The average molecular weight is 249 g/mol. The van der Waals surface area contributed by atoms with E-state index in [9.17, 15) is 0 Å². The van der Waals surface area contributed by atoms with Crippen LogP contribution in [0.1, 0.15) is 65.7 Å². The molecule has 4 rings (SSSR count). The van der Waals surface area contributed by atoms with Crippen LogP contribution in [-0.2, 0) is 0 Å². The van der Waals surface area contributed by atoms with Crippen molar-refractivity contribution in [2.75, 3.05) is 7.05 Å². The standard InChI is InChI=1S/C17H31N/c1-12(2)8-16(3,18-4)17-9-13-5-14(10-17)7-15(6-13)11-17/h12-15,18H,5-11H2,1-4H3. The van der Waals surface area contributed by atoms with Gasteiger partial charge in [0.25, 0.3) is 0 Å². The zero-order valence-corrected chi connectivity index (χ0v) is 12.8. The Morgan fingerprint density at radius 3 is 1.83 bits per heavy atom. The fourth-order valence-electron chi connectivity index (χ4n) is 6.19. The van der Waals surface area contributed by atoms with Crippen molar-refractivity contribution >= 4 is 0 Å². The van der Waals surface area contributed by atoms with Crippen LogP contribution in [0.5, 0.6) is 0 Å². The molecule has 4 aliphatic carbocycles. The molecule has 0 aromatic carbocycles. The quantitative estimate of drug-likeness (QED) is 0.786. The topological polar surface area (TPSA) is 12.0 Å². The molecule has 4 bridgehead atoms. The van der Waals surface area contributed by atoms with Gasteiger partial charge in [-0.1, -0.05) is 13.8 Å². The fraction of sp³-hybridized carbons (Fsp3) is 1.00. The Morgan fingerprint density at radius 1 is 1.06 bits per heavy atom. The summed E-state index contributed by atoms with van der Waals surface area (Å²) in [5.74, 6) is 4.00. The summed E-state index contributed by atoms with van der Waals surface area (Å²) in [7, 11) is 2.21. The van der Waals surface area contributed by atoms with Crippen molar-refractivity contribution in [1.82, 2.24) is 5.32 Å². The highest BCUT2D eigenvalue weighted by Gasteiger charge is 2.58. The normalized spacial score (nSPS) is 45.5. The fourth-order valence-corrected chi connectivity index (χ4v) is 6.19. The maximum Gasteiger partial charge on any atom is 0.0209 e. The molecule has 0 aromatic heterocycles. The Labute approximate surface area is 113 Å². The van der Waals surface area contributed by atoms with Gasteiger partial charge in [-0.3, -0.25) is 0 Å². The first-order valence-corrected chi connectivity index (χ1v) is 8.15. The van der Waals surface area contributed by atoms with Crippen molar-refractivity contribution in [1.29, 1.82) is 0 Å².